The molecule has 17 heavy (non-hydrogen) atoms. The van der Waals surface area contributed by atoms with Gasteiger partial charge in [0.15, 0.2) is 5.65 Å². The van der Waals surface area contributed by atoms with Gasteiger partial charge in [-0.15, -0.1) is 0 Å². The molecule has 2 N–H and O–H groups in total. The van der Waals surface area contributed by atoms with E-state index in [4.69, 9.17) is 5.73 Å². The summed E-state index contributed by atoms with van der Waals surface area (Å²) in [6.45, 7) is 0. The largest absolute Gasteiger partial charge is 0.397 e. The third kappa shape index (κ3) is 1.78. The lowest BCUT2D eigenvalue weighted by Gasteiger charge is -1.97. The minimum absolute atomic E-state index is 0.697. The summed E-state index contributed by atoms with van der Waals surface area (Å²) in [5.41, 5.74) is 9.27. The first-order chi connectivity index (χ1) is 8.24. The monoisotopic (exact) mass is 288 g/mol. The molecule has 0 radical (unpaired) electrons. The van der Waals surface area contributed by atoms with Crippen molar-refractivity contribution in [3.05, 3.63) is 47.5 Å². The molecule has 4 nitrogen and oxygen atoms in total. The van der Waals surface area contributed by atoms with Gasteiger partial charge in [-0.1, -0.05) is 0 Å². The van der Waals surface area contributed by atoms with Crippen LogP contribution in [0.3, 0.4) is 0 Å². The van der Waals surface area contributed by atoms with Gasteiger partial charge in [0.1, 0.15) is 0 Å². The SMILES string of the molecule is Nc1cc(Br)c2nc(-c3ccncc3)cn2c1. The van der Waals surface area contributed by atoms with Crippen molar-refractivity contribution in [3.63, 3.8) is 0 Å². The van der Waals surface area contributed by atoms with E-state index in [0.29, 0.717) is 5.69 Å². The second-order valence-electron chi connectivity index (χ2n) is 3.71. The van der Waals surface area contributed by atoms with Crippen molar-refractivity contribution in [2.45, 2.75) is 0 Å². The fourth-order valence-corrected chi connectivity index (χ4v) is 2.30. The van der Waals surface area contributed by atoms with E-state index in [1.54, 1.807) is 12.4 Å². The Balaban J connectivity index is 2.24. The van der Waals surface area contributed by atoms with Gasteiger partial charge in [-0.2, -0.15) is 0 Å². The van der Waals surface area contributed by atoms with Crippen LogP contribution >= 0.6 is 15.9 Å². The zero-order chi connectivity index (χ0) is 11.8. The molecule has 3 aromatic rings. The maximum absolute atomic E-state index is 5.78. The number of halogens is 1. The number of hydrogen-bond acceptors (Lipinski definition) is 3. The first-order valence-electron chi connectivity index (χ1n) is 5.08. The number of rotatable bonds is 1. The Bertz CT molecular complexity index is 676. The fraction of sp³-hybridized carbons (Fsp3) is 0. The molecule has 0 fully saturated rings. The maximum atomic E-state index is 5.78. The van der Waals surface area contributed by atoms with Gasteiger partial charge in [-0.3, -0.25) is 4.98 Å². The molecule has 0 aliphatic carbocycles. The minimum atomic E-state index is 0.697. The van der Waals surface area contributed by atoms with Crippen molar-refractivity contribution < 1.29 is 0 Å². The summed E-state index contributed by atoms with van der Waals surface area (Å²) in [6.07, 6.45) is 7.30. The molecule has 3 aromatic heterocycles. The molecule has 84 valence electrons. The van der Waals surface area contributed by atoms with Crippen molar-refractivity contribution in [1.82, 2.24) is 14.4 Å². The highest BCUT2D eigenvalue weighted by atomic mass is 79.9. The lowest BCUT2D eigenvalue weighted by atomic mass is 10.2. The normalized spacial score (nSPS) is 10.9. The highest BCUT2D eigenvalue weighted by molar-refractivity contribution is 9.10. The first kappa shape index (κ1) is 10.3. The zero-order valence-electron chi connectivity index (χ0n) is 8.84. The van der Waals surface area contributed by atoms with Gasteiger partial charge in [0.25, 0.3) is 0 Å². The average molecular weight is 289 g/mol. The molecule has 0 unspecified atom stereocenters. The molecule has 0 bridgehead atoms. The van der Waals surface area contributed by atoms with Crippen LogP contribution < -0.4 is 5.73 Å². The Morgan fingerprint density at radius 1 is 1.18 bits per heavy atom. The number of pyridine rings is 2. The van der Waals surface area contributed by atoms with E-state index >= 15 is 0 Å². The molecule has 5 heteroatoms. The van der Waals surface area contributed by atoms with Gasteiger partial charge in [-0.25, -0.2) is 4.98 Å². The summed E-state index contributed by atoms with van der Waals surface area (Å²) in [5, 5.41) is 0. The number of aromatic nitrogens is 3. The molecule has 0 atom stereocenters. The Morgan fingerprint density at radius 2 is 1.94 bits per heavy atom. The van der Waals surface area contributed by atoms with Crippen molar-refractivity contribution in [2.24, 2.45) is 0 Å². The molecule has 3 rings (SSSR count). The van der Waals surface area contributed by atoms with Crippen LogP contribution in [0, 0.1) is 0 Å². The molecule has 0 amide bonds. The highest BCUT2D eigenvalue weighted by Gasteiger charge is 2.07. The van der Waals surface area contributed by atoms with E-state index < -0.39 is 0 Å². The van der Waals surface area contributed by atoms with Gasteiger partial charge in [0.2, 0.25) is 0 Å². The summed E-state index contributed by atoms with van der Waals surface area (Å²) in [4.78, 5) is 8.55. The van der Waals surface area contributed by atoms with Gasteiger partial charge in [0, 0.05) is 36.0 Å². The average Bonchev–Trinajstić information content (AvgIpc) is 2.74. The molecule has 3 heterocycles. The van der Waals surface area contributed by atoms with Crippen LogP contribution in [0.5, 0.6) is 0 Å². The third-order valence-corrected chi connectivity index (χ3v) is 3.09. The topological polar surface area (TPSA) is 56.2 Å². The third-order valence-electron chi connectivity index (χ3n) is 2.50. The van der Waals surface area contributed by atoms with Crippen LogP contribution in [0.4, 0.5) is 5.69 Å². The number of hydrogen-bond donors (Lipinski definition) is 1. The van der Waals surface area contributed by atoms with Crippen molar-refractivity contribution >= 4 is 27.3 Å². The summed E-state index contributed by atoms with van der Waals surface area (Å²) in [7, 11) is 0. The van der Waals surface area contributed by atoms with Crippen molar-refractivity contribution in [1.29, 1.82) is 0 Å². The molecule has 0 saturated carbocycles. The summed E-state index contributed by atoms with van der Waals surface area (Å²) in [5.74, 6) is 0. The van der Waals surface area contributed by atoms with E-state index in [2.05, 4.69) is 25.9 Å². The smallest absolute Gasteiger partial charge is 0.151 e. The predicted octanol–water partition coefficient (Wildman–Crippen LogP) is 2.74. The van der Waals surface area contributed by atoms with Crippen LogP contribution in [0.25, 0.3) is 16.9 Å². The summed E-state index contributed by atoms with van der Waals surface area (Å²) >= 11 is 3.46. The van der Waals surface area contributed by atoms with E-state index in [1.165, 1.54) is 0 Å². The molecule has 0 aliphatic rings. The number of nitrogen functional groups attached to an aromatic ring is 1. The molecule has 0 spiro atoms. The molecule has 0 aliphatic heterocycles. The Labute approximate surface area is 106 Å². The van der Waals surface area contributed by atoms with Crippen LogP contribution in [-0.4, -0.2) is 14.4 Å². The quantitative estimate of drug-likeness (QED) is 0.749. The Kier molecular flexibility index (Phi) is 2.33. The van der Waals surface area contributed by atoms with E-state index in [1.807, 2.05) is 35.0 Å². The van der Waals surface area contributed by atoms with E-state index in [-0.39, 0.29) is 0 Å². The number of nitrogens with two attached hydrogens (primary N) is 1. The van der Waals surface area contributed by atoms with Crippen molar-refractivity contribution in [2.75, 3.05) is 5.73 Å². The lowest BCUT2D eigenvalue weighted by molar-refractivity contribution is 1.18. The Morgan fingerprint density at radius 3 is 2.71 bits per heavy atom. The Hall–Kier alpha value is -1.88. The van der Waals surface area contributed by atoms with E-state index in [9.17, 15) is 0 Å². The molecular formula is C12H9BrN4. The minimum Gasteiger partial charge on any atom is -0.397 e. The number of anilines is 1. The predicted molar refractivity (Wildman–Crippen MR) is 70.5 cm³/mol. The summed E-state index contributed by atoms with van der Waals surface area (Å²) < 4.78 is 2.80. The van der Waals surface area contributed by atoms with Gasteiger partial charge >= 0.3 is 0 Å². The maximum Gasteiger partial charge on any atom is 0.151 e. The molecular weight excluding hydrogens is 280 g/mol. The molecule has 0 aromatic carbocycles. The lowest BCUT2D eigenvalue weighted by Crippen LogP contribution is -1.90. The first-order valence-corrected chi connectivity index (χ1v) is 5.87. The standard InChI is InChI=1S/C12H9BrN4/c13-10-5-9(14)6-17-7-11(16-12(10)17)8-1-3-15-4-2-8/h1-7H,14H2. The second-order valence-corrected chi connectivity index (χ2v) is 4.57. The highest BCUT2D eigenvalue weighted by Crippen LogP contribution is 2.24. The zero-order valence-corrected chi connectivity index (χ0v) is 10.4. The van der Waals surface area contributed by atoms with Gasteiger partial charge < -0.3 is 10.1 Å². The second kappa shape index (κ2) is 3.85. The van der Waals surface area contributed by atoms with Crippen LogP contribution in [0.2, 0.25) is 0 Å². The van der Waals surface area contributed by atoms with Crippen LogP contribution in [0.15, 0.2) is 47.5 Å². The number of fused-ring (bicyclic) bond motifs is 1. The van der Waals surface area contributed by atoms with Crippen molar-refractivity contribution in [3.8, 4) is 11.3 Å². The van der Waals surface area contributed by atoms with Crippen LogP contribution in [-0.2, 0) is 0 Å². The number of imidazole rings is 1. The van der Waals surface area contributed by atoms with Gasteiger partial charge in [0.05, 0.1) is 10.2 Å². The number of nitrogens with zero attached hydrogens (tertiary/aromatic N) is 3. The van der Waals surface area contributed by atoms with E-state index in [0.717, 1.165) is 21.4 Å². The molecule has 0 saturated heterocycles. The summed E-state index contributed by atoms with van der Waals surface area (Å²) in [6, 6.07) is 5.71. The van der Waals surface area contributed by atoms with Gasteiger partial charge in [-0.05, 0) is 34.1 Å². The fourth-order valence-electron chi connectivity index (χ4n) is 1.74. The van der Waals surface area contributed by atoms with Crippen LogP contribution in [0.1, 0.15) is 0 Å².